The molecule has 2 rings (SSSR count). The van der Waals surface area contributed by atoms with Crippen molar-refractivity contribution in [2.45, 2.75) is 39.0 Å². The lowest BCUT2D eigenvalue weighted by Gasteiger charge is -2.26. The third-order valence-corrected chi connectivity index (χ3v) is 4.80. The monoisotopic (exact) mass is 296 g/mol. The maximum Gasteiger partial charge on any atom is 0.267 e. The van der Waals surface area contributed by atoms with Crippen molar-refractivity contribution in [3.63, 3.8) is 0 Å². The highest BCUT2D eigenvalue weighted by atomic mass is 32.1. The molecule has 0 saturated heterocycles. The normalized spacial score (nSPS) is 16.1. The third-order valence-electron chi connectivity index (χ3n) is 3.78. The summed E-state index contributed by atoms with van der Waals surface area (Å²) in [5.74, 6) is 0.973. The molecule has 1 aliphatic carbocycles. The van der Waals surface area contributed by atoms with Gasteiger partial charge in [-0.25, -0.2) is 4.98 Å². The highest BCUT2D eigenvalue weighted by Gasteiger charge is 2.23. The van der Waals surface area contributed by atoms with E-state index in [4.69, 9.17) is 5.73 Å². The molecule has 0 unspecified atom stereocenters. The third kappa shape index (κ3) is 3.62. The number of hydrogen-bond acceptors (Lipinski definition) is 5. The van der Waals surface area contributed by atoms with Gasteiger partial charge in [0.25, 0.3) is 5.91 Å². The summed E-state index contributed by atoms with van der Waals surface area (Å²) in [6.07, 6.45) is 6.39. The summed E-state index contributed by atoms with van der Waals surface area (Å²) in [5, 5.41) is 3.82. The highest BCUT2D eigenvalue weighted by Crippen LogP contribution is 2.28. The number of carbonyl (C=O) groups excluding carboxylic acids is 1. The molecule has 1 saturated carbocycles. The van der Waals surface area contributed by atoms with E-state index >= 15 is 0 Å². The van der Waals surface area contributed by atoms with Gasteiger partial charge in [0.15, 0.2) is 5.13 Å². The minimum Gasteiger partial charge on any atom is -0.382 e. The molecule has 112 valence electrons. The Morgan fingerprint density at radius 3 is 2.80 bits per heavy atom. The number of nitrogen functional groups attached to an aromatic ring is 1. The van der Waals surface area contributed by atoms with Crippen LogP contribution in [0, 0.1) is 5.92 Å². The maximum absolute atomic E-state index is 12.4. The van der Waals surface area contributed by atoms with E-state index in [9.17, 15) is 4.79 Å². The van der Waals surface area contributed by atoms with Crippen molar-refractivity contribution in [3.05, 3.63) is 4.88 Å². The second-order valence-electron chi connectivity index (χ2n) is 5.45. The van der Waals surface area contributed by atoms with Crippen LogP contribution in [0.1, 0.15) is 48.7 Å². The lowest BCUT2D eigenvalue weighted by Crippen LogP contribution is -2.32. The van der Waals surface area contributed by atoms with Crippen LogP contribution in [-0.2, 0) is 0 Å². The van der Waals surface area contributed by atoms with Crippen LogP contribution < -0.4 is 11.1 Å². The maximum atomic E-state index is 12.4. The van der Waals surface area contributed by atoms with Crippen molar-refractivity contribution in [1.29, 1.82) is 0 Å². The average Bonchev–Trinajstić information content (AvgIpc) is 2.80. The number of hydrogen-bond donors (Lipinski definition) is 2. The molecule has 6 heteroatoms. The van der Waals surface area contributed by atoms with E-state index in [0.29, 0.717) is 16.6 Å². The average molecular weight is 296 g/mol. The molecule has 1 amide bonds. The molecule has 5 nitrogen and oxygen atoms in total. The second kappa shape index (κ2) is 6.92. The fourth-order valence-corrected chi connectivity index (χ4v) is 3.67. The van der Waals surface area contributed by atoms with Gasteiger partial charge in [-0.1, -0.05) is 30.6 Å². The van der Waals surface area contributed by atoms with Crippen LogP contribution in [0.4, 0.5) is 10.9 Å². The standard InChI is InChI=1S/C14H24N4OS/c1-3-16-14-17-12(15)11(20-14)13(19)18(2)9-10-7-5-4-6-8-10/h10H,3-9,15H2,1-2H3,(H,16,17). The van der Waals surface area contributed by atoms with Gasteiger partial charge < -0.3 is 16.0 Å². The summed E-state index contributed by atoms with van der Waals surface area (Å²) >= 11 is 1.34. The summed E-state index contributed by atoms with van der Waals surface area (Å²) in [4.78, 5) is 19.0. The number of aromatic nitrogens is 1. The lowest BCUT2D eigenvalue weighted by molar-refractivity contribution is 0.0766. The largest absolute Gasteiger partial charge is 0.382 e. The first-order chi connectivity index (χ1) is 9.61. The molecule has 0 atom stereocenters. The van der Waals surface area contributed by atoms with Crippen LogP contribution in [0.2, 0.25) is 0 Å². The summed E-state index contributed by atoms with van der Waals surface area (Å²) in [5.41, 5.74) is 5.86. The fraction of sp³-hybridized carbons (Fsp3) is 0.714. The zero-order chi connectivity index (χ0) is 14.5. The minimum absolute atomic E-state index is 0.00488. The van der Waals surface area contributed by atoms with E-state index in [0.717, 1.165) is 18.2 Å². The second-order valence-corrected chi connectivity index (χ2v) is 6.45. The zero-order valence-corrected chi connectivity index (χ0v) is 13.1. The van der Waals surface area contributed by atoms with Crippen molar-refractivity contribution in [2.24, 2.45) is 5.92 Å². The number of nitrogens with two attached hydrogens (primary N) is 1. The fourth-order valence-electron chi connectivity index (χ4n) is 2.73. The van der Waals surface area contributed by atoms with Crippen molar-refractivity contribution in [3.8, 4) is 0 Å². The van der Waals surface area contributed by atoms with E-state index in [2.05, 4.69) is 10.3 Å². The molecule has 0 radical (unpaired) electrons. The molecule has 1 heterocycles. The van der Waals surface area contributed by atoms with Crippen LogP contribution in [0.15, 0.2) is 0 Å². The summed E-state index contributed by atoms with van der Waals surface area (Å²) in [6.45, 7) is 3.60. The Morgan fingerprint density at radius 1 is 1.45 bits per heavy atom. The molecule has 1 aromatic heterocycles. The highest BCUT2D eigenvalue weighted by molar-refractivity contribution is 7.18. The number of amides is 1. The predicted molar refractivity (Wildman–Crippen MR) is 84.2 cm³/mol. The van der Waals surface area contributed by atoms with E-state index in [1.165, 1.54) is 43.4 Å². The van der Waals surface area contributed by atoms with Crippen LogP contribution in [0.5, 0.6) is 0 Å². The predicted octanol–water partition coefficient (Wildman–Crippen LogP) is 2.81. The Labute approximate surface area is 124 Å². The molecule has 0 bridgehead atoms. The van der Waals surface area contributed by atoms with Crippen LogP contribution in [0.3, 0.4) is 0 Å². The van der Waals surface area contributed by atoms with E-state index < -0.39 is 0 Å². The summed E-state index contributed by atoms with van der Waals surface area (Å²) < 4.78 is 0. The molecule has 0 aliphatic heterocycles. The number of nitrogens with zero attached hydrogens (tertiary/aromatic N) is 2. The SMILES string of the molecule is CCNc1nc(N)c(C(=O)N(C)CC2CCCCC2)s1. The molecular formula is C14H24N4OS. The van der Waals surface area contributed by atoms with Crippen molar-refractivity contribution < 1.29 is 4.79 Å². The lowest BCUT2D eigenvalue weighted by atomic mass is 9.89. The first kappa shape index (κ1) is 15.1. The van der Waals surface area contributed by atoms with Gasteiger partial charge in [0.05, 0.1) is 0 Å². The van der Waals surface area contributed by atoms with Gasteiger partial charge in [-0.2, -0.15) is 0 Å². The number of rotatable bonds is 5. The van der Waals surface area contributed by atoms with Gasteiger partial charge >= 0.3 is 0 Å². The Kier molecular flexibility index (Phi) is 5.23. The smallest absolute Gasteiger partial charge is 0.267 e. The summed E-state index contributed by atoms with van der Waals surface area (Å²) in [7, 11) is 1.86. The summed E-state index contributed by atoms with van der Waals surface area (Å²) in [6, 6.07) is 0. The van der Waals surface area contributed by atoms with E-state index in [-0.39, 0.29) is 5.91 Å². The van der Waals surface area contributed by atoms with Crippen LogP contribution in [0.25, 0.3) is 0 Å². The Balaban J connectivity index is 1.98. The first-order valence-corrected chi connectivity index (χ1v) is 8.19. The van der Waals surface area contributed by atoms with Gasteiger partial charge in [0.2, 0.25) is 0 Å². The van der Waals surface area contributed by atoms with Crippen molar-refractivity contribution >= 4 is 28.2 Å². The topological polar surface area (TPSA) is 71.2 Å². The van der Waals surface area contributed by atoms with Gasteiger partial charge in [-0.15, -0.1) is 0 Å². The molecule has 1 aromatic rings. The quantitative estimate of drug-likeness (QED) is 0.876. The molecule has 0 spiro atoms. The molecule has 0 aromatic carbocycles. The molecule has 3 N–H and O–H groups in total. The first-order valence-electron chi connectivity index (χ1n) is 7.37. The Morgan fingerprint density at radius 2 is 2.15 bits per heavy atom. The zero-order valence-electron chi connectivity index (χ0n) is 12.3. The molecular weight excluding hydrogens is 272 g/mol. The van der Waals surface area contributed by atoms with Crippen LogP contribution >= 0.6 is 11.3 Å². The Bertz CT molecular complexity index is 454. The van der Waals surface area contributed by atoms with Gasteiger partial charge in [-0.05, 0) is 25.7 Å². The molecule has 20 heavy (non-hydrogen) atoms. The molecule has 1 aliphatic rings. The Hall–Kier alpha value is -1.30. The number of anilines is 2. The van der Waals surface area contributed by atoms with Gasteiger partial charge in [-0.3, -0.25) is 4.79 Å². The van der Waals surface area contributed by atoms with Gasteiger partial charge in [0.1, 0.15) is 10.7 Å². The molecule has 1 fully saturated rings. The number of thiazole rings is 1. The van der Waals surface area contributed by atoms with Gasteiger partial charge in [0, 0.05) is 20.1 Å². The van der Waals surface area contributed by atoms with E-state index in [1.54, 1.807) is 4.90 Å². The number of carbonyl (C=O) groups is 1. The van der Waals surface area contributed by atoms with Crippen molar-refractivity contribution in [1.82, 2.24) is 9.88 Å². The van der Waals surface area contributed by atoms with Crippen molar-refractivity contribution in [2.75, 3.05) is 31.2 Å². The van der Waals surface area contributed by atoms with E-state index in [1.807, 2.05) is 14.0 Å². The van der Waals surface area contributed by atoms with Crippen LogP contribution in [-0.4, -0.2) is 35.9 Å². The minimum atomic E-state index is -0.00488. The number of nitrogens with one attached hydrogen (secondary N) is 1.